The topological polar surface area (TPSA) is 111 Å². The Morgan fingerprint density at radius 1 is 1.50 bits per heavy atom. The van der Waals surface area contributed by atoms with Gasteiger partial charge >= 0.3 is 12.0 Å². The second kappa shape index (κ2) is 7.14. The first-order chi connectivity index (χ1) is 8.49. The molecule has 0 spiro atoms. The second-order valence-electron chi connectivity index (χ2n) is 4.20. The van der Waals surface area contributed by atoms with Crippen LogP contribution in [0, 0.1) is 0 Å². The van der Waals surface area contributed by atoms with Gasteiger partial charge in [-0.15, -0.1) is 0 Å². The van der Waals surface area contributed by atoms with Crippen LogP contribution in [-0.4, -0.2) is 79.2 Å². The van der Waals surface area contributed by atoms with Crippen molar-refractivity contribution in [2.75, 3.05) is 39.8 Å². The van der Waals surface area contributed by atoms with E-state index in [1.54, 1.807) is 0 Å². The SMILES string of the molecule is CN1CCOC(CNC(=O)NC[C@H](O)C(=O)O)C1. The number of amides is 2. The quantitative estimate of drug-likeness (QED) is 0.458. The van der Waals surface area contributed by atoms with Gasteiger partial charge in [0, 0.05) is 19.6 Å². The number of carbonyl (C=O) groups excluding carboxylic acids is 1. The van der Waals surface area contributed by atoms with Crippen molar-refractivity contribution in [2.45, 2.75) is 12.2 Å². The van der Waals surface area contributed by atoms with Crippen LogP contribution in [0.25, 0.3) is 0 Å². The molecule has 1 unspecified atom stereocenters. The van der Waals surface area contributed by atoms with Gasteiger partial charge in [-0.1, -0.05) is 0 Å². The van der Waals surface area contributed by atoms with Crippen LogP contribution in [0.1, 0.15) is 0 Å². The van der Waals surface area contributed by atoms with E-state index in [0.29, 0.717) is 13.2 Å². The Balaban J connectivity index is 2.14. The molecule has 0 aliphatic carbocycles. The Kier molecular flexibility index (Phi) is 5.83. The number of aliphatic hydroxyl groups is 1. The van der Waals surface area contributed by atoms with E-state index in [-0.39, 0.29) is 12.6 Å². The van der Waals surface area contributed by atoms with Crippen LogP contribution in [-0.2, 0) is 9.53 Å². The molecule has 104 valence electrons. The van der Waals surface area contributed by atoms with Crippen molar-refractivity contribution in [3.05, 3.63) is 0 Å². The van der Waals surface area contributed by atoms with Crippen molar-refractivity contribution in [1.82, 2.24) is 15.5 Å². The molecular formula is C10H19N3O5. The maximum Gasteiger partial charge on any atom is 0.334 e. The van der Waals surface area contributed by atoms with Crippen LogP contribution in [0.15, 0.2) is 0 Å². The first kappa shape index (κ1) is 14.7. The molecule has 1 aliphatic rings. The van der Waals surface area contributed by atoms with Crippen molar-refractivity contribution < 1.29 is 24.5 Å². The molecule has 2 atom stereocenters. The molecular weight excluding hydrogens is 242 g/mol. The Hall–Kier alpha value is -1.38. The van der Waals surface area contributed by atoms with E-state index < -0.39 is 18.1 Å². The van der Waals surface area contributed by atoms with Gasteiger partial charge in [0.15, 0.2) is 6.10 Å². The number of nitrogens with one attached hydrogen (secondary N) is 2. The highest BCUT2D eigenvalue weighted by molar-refractivity contribution is 5.76. The zero-order valence-electron chi connectivity index (χ0n) is 10.3. The molecule has 0 aromatic heterocycles. The average molecular weight is 261 g/mol. The monoisotopic (exact) mass is 261 g/mol. The number of aliphatic carboxylic acids is 1. The Labute approximate surface area is 105 Å². The maximum absolute atomic E-state index is 11.3. The fourth-order valence-corrected chi connectivity index (χ4v) is 1.54. The molecule has 18 heavy (non-hydrogen) atoms. The van der Waals surface area contributed by atoms with Gasteiger partial charge in [0.25, 0.3) is 0 Å². The zero-order chi connectivity index (χ0) is 13.5. The number of rotatable bonds is 5. The van der Waals surface area contributed by atoms with Crippen molar-refractivity contribution in [3.8, 4) is 0 Å². The molecule has 1 rings (SSSR count). The molecule has 4 N–H and O–H groups in total. The van der Waals surface area contributed by atoms with Crippen molar-refractivity contribution in [2.24, 2.45) is 0 Å². The summed E-state index contributed by atoms with van der Waals surface area (Å²) >= 11 is 0. The highest BCUT2D eigenvalue weighted by Gasteiger charge is 2.19. The molecule has 1 fully saturated rings. The minimum atomic E-state index is -1.59. The first-order valence-electron chi connectivity index (χ1n) is 5.71. The lowest BCUT2D eigenvalue weighted by Crippen LogP contribution is -2.49. The van der Waals surface area contributed by atoms with Gasteiger partial charge in [-0.05, 0) is 7.05 Å². The minimum absolute atomic E-state index is 0.0705. The van der Waals surface area contributed by atoms with Crippen molar-refractivity contribution in [3.63, 3.8) is 0 Å². The van der Waals surface area contributed by atoms with E-state index in [9.17, 15) is 9.59 Å². The molecule has 2 amide bonds. The number of carboxylic acid groups (broad SMARTS) is 1. The number of hydrogen-bond acceptors (Lipinski definition) is 5. The lowest BCUT2D eigenvalue weighted by atomic mass is 10.3. The summed E-state index contributed by atoms with van der Waals surface area (Å²) in [7, 11) is 1.97. The molecule has 0 aromatic rings. The lowest BCUT2D eigenvalue weighted by Gasteiger charge is -2.30. The minimum Gasteiger partial charge on any atom is -0.479 e. The molecule has 1 saturated heterocycles. The normalized spacial score (nSPS) is 22.2. The van der Waals surface area contributed by atoms with Crippen molar-refractivity contribution in [1.29, 1.82) is 0 Å². The first-order valence-corrected chi connectivity index (χ1v) is 5.71. The molecule has 8 heteroatoms. The fraction of sp³-hybridized carbons (Fsp3) is 0.800. The van der Waals surface area contributed by atoms with Gasteiger partial charge in [-0.25, -0.2) is 9.59 Å². The van der Waals surface area contributed by atoms with E-state index in [1.165, 1.54) is 0 Å². The molecule has 8 nitrogen and oxygen atoms in total. The summed E-state index contributed by atoms with van der Waals surface area (Å²) in [6, 6.07) is -0.521. The van der Waals surface area contributed by atoms with Gasteiger partial charge in [0.05, 0.1) is 19.3 Å². The van der Waals surface area contributed by atoms with Gasteiger partial charge < -0.3 is 30.5 Å². The molecule has 1 heterocycles. The number of hydrogen-bond donors (Lipinski definition) is 4. The van der Waals surface area contributed by atoms with Crippen LogP contribution in [0.3, 0.4) is 0 Å². The number of aliphatic hydroxyl groups excluding tert-OH is 1. The number of carbonyl (C=O) groups is 2. The lowest BCUT2D eigenvalue weighted by molar-refractivity contribution is -0.146. The third-order valence-electron chi connectivity index (χ3n) is 2.57. The summed E-state index contributed by atoms with van der Waals surface area (Å²) in [5.41, 5.74) is 0. The summed E-state index contributed by atoms with van der Waals surface area (Å²) in [5, 5.41) is 22.2. The average Bonchev–Trinajstić information content (AvgIpc) is 2.33. The fourth-order valence-electron chi connectivity index (χ4n) is 1.54. The van der Waals surface area contributed by atoms with E-state index in [4.69, 9.17) is 14.9 Å². The van der Waals surface area contributed by atoms with Crippen LogP contribution in [0.4, 0.5) is 4.79 Å². The molecule has 1 aliphatic heterocycles. The van der Waals surface area contributed by atoms with Crippen LogP contribution in [0.2, 0.25) is 0 Å². The Morgan fingerprint density at radius 3 is 2.83 bits per heavy atom. The number of nitrogens with zero attached hydrogens (tertiary/aromatic N) is 1. The third-order valence-corrected chi connectivity index (χ3v) is 2.57. The van der Waals surface area contributed by atoms with E-state index >= 15 is 0 Å². The summed E-state index contributed by atoms with van der Waals surface area (Å²) < 4.78 is 5.43. The highest BCUT2D eigenvalue weighted by atomic mass is 16.5. The van der Waals surface area contributed by atoms with Gasteiger partial charge in [-0.3, -0.25) is 0 Å². The predicted octanol–water partition coefficient (Wildman–Crippen LogP) is -1.94. The largest absolute Gasteiger partial charge is 0.479 e. The Morgan fingerprint density at radius 2 is 2.22 bits per heavy atom. The summed E-state index contributed by atoms with van der Waals surface area (Å²) in [6.45, 7) is 2.25. The van der Waals surface area contributed by atoms with E-state index in [0.717, 1.165) is 13.1 Å². The van der Waals surface area contributed by atoms with Crippen LogP contribution < -0.4 is 10.6 Å². The zero-order valence-corrected chi connectivity index (χ0v) is 10.3. The third kappa shape index (κ3) is 5.30. The predicted molar refractivity (Wildman–Crippen MR) is 62.3 cm³/mol. The standard InChI is InChI=1S/C10H19N3O5/c1-13-2-3-18-7(6-13)4-11-10(17)12-5-8(14)9(15)16/h7-8,14H,2-6H2,1H3,(H,15,16)(H2,11,12,17)/t7?,8-/m0/s1. The molecule has 0 saturated carbocycles. The van der Waals surface area contributed by atoms with Gasteiger partial charge in [-0.2, -0.15) is 0 Å². The smallest absolute Gasteiger partial charge is 0.334 e. The van der Waals surface area contributed by atoms with Crippen molar-refractivity contribution >= 4 is 12.0 Å². The number of likely N-dealkylation sites (N-methyl/N-ethyl adjacent to an activating group) is 1. The number of morpholine rings is 1. The van der Waals surface area contributed by atoms with Gasteiger partial charge in [0.1, 0.15) is 0 Å². The highest BCUT2D eigenvalue weighted by Crippen LogP contribution is 2.01. The van der Waals surface area contributed by atoms with Crippen LogP contribution >= 0.6 is 0 Å². The van der Waals surface area contributed by atoms with Gasteiger partial charge in [0.2, 0.25) is 0 Å². The Bertz CT molecular complexity index is 299. The maximum atomic E-state index is 11.3. The van der Waals surface area contributed by atoms with E-state index in [1.807, 2.05) is 7.05 Å². The summed E-state index contributed by atoms with van der Waals surface area (Å²) in [4.78, 5) is 23.7. The van der Waals surface area contributed by atoms with E-state index in [2.05, 4.69) is 15.5 Å². The number of carboxylic acids is 1. The van der Waals surface area contributed by atoms with Crippen LogP contribution in [0.5, 0.6) is 0 Å². The number of urea groups is 1. The molecule has 0 bridgehead atoms. The molecule has 0 aromatic carbocycles. The summed E-state index contributed by atoms with van der Waals surface area (Å²) in [6.07, 6.45) is -1.66. The second-order valence-corrected chi connectivity index (χ2v) is 4.20. The summed E-state index contributed by atoms with van der Waals surface area (Å²) in [5.74, 6) is -1.37. The number of ether oxygens (including phenoxy) is 1. The molecule has 0 radical (unpaired) electrons.